The lowest BCUT2D eigenvalue weighted by Crippen LogP contribution is -2.20. The van der Waals surface area contributed by atoms with Gasteiger partial charge in [-0.15, -0.1) is 0 Å². The number of hydrogen-bond donors (Lipinski definition) is 0. The fourth-order valence-corrected chi connectivity index (χ4v) is 2.90. The summed E-state index contributed by atoms with van der Waals surface area (Å²) in [6, 6.07) is 0. The first-order valence-electron chi connectivity index (χ1n) is 6.27. The Labute approximate surface area is 84.1 Å². The Balaban J connectivity index is 2.32. The van der Waals surface area contributed by atoms with Gasteiger partial charge in [-0.1, -0.05) is 52.9 Å². The molecule has 0 nitrogen and oxygen atoms in total. The molecule has 0 bridgehead atoms. The van der Waals surface area contributed by atoms with E-state index in [9.17, 15) is 0 Å². The molecule has 0 heterocycles. The van der Waals surface area contributed by atoms with Gasteiger partial charge in [-0.3, -0.25) is 0 Å². The topological polar surface area (TPSA) is 0 Å². The van der Waals surface area contributed by atoms with E-state index < -0.39 is 0 Å². The van der Waals surface area contributed by atoms with E-state index in [1.165, 1.54) is 44.9 Å². The lowest BCUT2D eigenvalue weighted by Gasteiger charge is -2.32. The van der Waals surface area contributed by atoms with Crippen LogP contribution >= 0.6 is 0 Å². The average molecular weight is 182 g/mol. The smallest absolute Gasteiger partial charge is 0.0386 e. The van der Waals surface area contributed by atoms with Crippen LogP contribution in [0.2, 0.25) is 0 Å². The lowest BCUT2D eigenvalue weighted by atomic mass is 9.74. The summed E-state index contributed by atoms with van der Waals surface area (Å²) < 4.78 is 0. The van der Waals surface area contributed by atoms with Crippen molar-refractivity contribution in [1.82, 2.24) is 0 Å². The zero-order valence-electron chi connectivity index (χ0n) is 9.68. The normalized spacial score (nSPS) is 31.6. The molecular formula is C13H26. The standard InChI is InChI=1S/C13H26/c1-4-6-12(5-2)13-9-7-11(3)8-10-13/h11-13H,4-10H2,1-3H3. The van der Waals surface area contributed by atoms with Crippen molar-refractivity contribution in [3.8, 4) is 0 Å². The first kappa shape index (κ1) is 11.1. The SMILES string of the molecule is CCCC(CC)C1CCC(C)CC1. The first-order chi connectivity index (χ1) is 6.27. The summed E-state index contributed by atoms with van der Waals surface area (Å²) in [7, 11) is 0. The molecule has 0 aromatic carbocycles. The minimum Gasteiger partial charge on any atom is -0.0654 e. The Bertz CT molecular complexity index is 120. The second-order valence-electron chi connectivity index (χ2n) is 4.98. The highest BCUT2D eigenvalue weighted by molar-refractivity contribution is 4.75. The van der Waals surface area contributed by atoms with Crippen LogP contribution in [0.15, 0.2) is 0 Å². The molecule has 0 radical (unpaired) electrons. The fraction of sp³-hybridized carbons (Fsp3) is 1.00. The third-order valence-electron chi connectivity index (χ3n) is 3.91. The van der Waals surface area contributed by atoms with Gasteiger partial charge in [-0.05, 0) is 30.6 Å². The predicted octanol–water partition coefficient (Wildman–Crippen LogP) is 4.64. The van der Waals surface area contributed by atoms with Crippen molar-refractivity contribution < 1.29 is 0 Å². The molecule has 1 atom stereocenters. The van der Waals surface area contributed by atoms with Crippen LogP contribution in [-0.2, 0) is 0 Å². The van der Waals surface area contributed by atoms with Gasteiger partial charge >= 0.3 is 0 Å². The highest BCUT2D eigenvalue weighted by Crippen LogP contribution is 2.36. The van der Waals surface area contributed by atoms with Crippen LogP contribution in [0.25, 0.3) is 0 Å². The monoisotopic (exact) mass is 182 g/mol. The van der Waals surface area contributed by atoms with Crippen molar-refractivity contribution in [2.45, 2.75) is 65.7 Å². The molecule has 1 unspecified atom stereocenters. The Kier molecular flexibility index (Phi) is 4.83. The van der Waals surface area contributed by atoms with Crippen molar-refractivity contribution in [3.63, 3.8) is 0 Å². The Hall–Kier alpha value is 0. The van der Waals surface area contributed by atoms with E-state index in [0.717, 1.165) is 17.8 Å². The van der Waals surface area contributed by atoms with E-state index >= 15 is 0 Å². The molecule has 78 valence electrons. The van der Waals surface area contributed by atoms with Crippen molar-refractivity contribution in [2.75, 3.05) is 0 Å². The second-order valence-corrected chi connectivity index (χ2v) is 4.98. The molecular weight excluding hydrogens is 156 g/mol. The van der Waals surface area contributed by atoms with Crippen LogP contribution in [0.1, 0.15) is 65.7 Å². The van der Waals surface area contributed by atoms with Crippen LogP contribution in [0.3, 0.4) is 0 Å². The number of hydrogen-bond acceptors (Lipinski definition) is 0. The number of rotatable bonds is 4. The molecule has 0 amide bonds. The van der Waals surface area contributed by atoms with Gasteiger partial charge in [-0.2, -0.15) is 0 Å². The molecule has 0 N–H and O–H groups in total. The minimum absolute atomic E-state index is 1.01. The summed E-state index contributed by atoms with van der Waals surface area (Å²) in [6.45, 7) is 7.11. The molecule has 0 aromatic heterocycles. The maximum atomic E-state index is 2.41. The van der Waals surface area contributed by atoms with Gasteiger partial charge in [0.15, 0.2) is 0 Å². The van der Waals surface area contributed by atoms with Crippen molar-refractivity contribution >= 4 is 0 Å². The molecule has 1 aliphatic rings. The van der Waals surface area contributed by atoms with Gasteiger partial charge in [0.05, 0.1) is 0 Å². The van der Waals surface area contributed by atoms with E-state index in [0.29, 0.717) is 0 Å². The molecule has 0 aliphatic heterocycles. The van der Waals surface area contributed by atoms with Crippen LogP contribution in [0.5, 0.6) is 0 Å². The molecule has 1 rings (SSSR count). The van der Waals surface area contributed by atoms with E-state index in [1.54, 1.807) is 0 Å². The van der Waals surface area contributed by atoms with Crippen molar-refractivity contribution in [3.05, 3.63) is 0 Å². The Morgan fingerprint density at radius 2 is 1.69 bits per heavy atom. The molecule has 0 saturated heterocycles. The van der Waals surface area contributed by atoms with Gasteiger partial charge in [-0.25, -0.2) is 0 Å². The van der Waals surface area contributed by atoms with Gasteiger partial charge < -0.3 is 0 Å². The van der Waals surface area contributed by atoms with Crippen molar-refractivity contribution in [2.24, 2.45) is 17.8 Å². The predicted molar refractivity (Wildman–Crippen MR) is 59.8 cm³/mol. The van der Waals surface area contributed by atoms with Crippen LogP contribution in [-0.4, -0.2) is 0 Å². The summed E-state index contributed by atoms with van der Waals surface area (Å²) in [4.78, 5) is 0. The molecule has 13 heavy (non-hydrogen) atoms. The van der Waals surface area contributed by atoms with Gasteiger partial charge in [0.1, 0.15) is 0 Å². The van der Waals surface area contributed by atoms with E-state index in [4.69, 9.17) is 0 Å². The summed E-state index contributed by atoms with van der Waals surface area (Å²) >= 11 is 0. The maximum Gasteiger partial charge on any atom is -0.0386 e. The third kappa shape index (κ3) is 3.32. The molecule has 1 saturated carbocycles. The summed E-state index contributed by atoms with van der Waals surface area (Å²) in [5.74, 6) is 3.12. The fourth-order valence-electron chi connectivity index (χ4n) is 2.90. The highest BCUT2D eigenvalue weighted by Gasteiger charge is 2.23. The second kappa shape index (κ2) is 5.67. The van der Waals surface area contributed by atoms with E-state index in [2.05, 4.69) is 20.8 Å². The van der Waals surface area contributed by atoms with Crippen LogP contribution < -0.4 is 0 Å². The Morgan fingerprint density at radius 1 is 1.08 bits per heavy atom. The molecule has 1 fully saturated rings. The maximum absolute atomic E-state index is 2.41. The summed E-state index contributed by atoms with van der Waals surface area (Å²) in [6.07, 6.45) is 10.3. The van der Waals surface area contributed by atoms with E-state index in [1.807, 2.05) is 0 Å². The zero-order chi connectivity index (χ0) is 9.68. The van der Waals surface area contributed by atoms with Gasteiger partial charge in [0.25, 0.3) is 0 Å². The van der Waals surface area contributed by atoms with Gasteiger partial charge in [0, 0.05) is 0 Å². The summed E-state index contributed by atoms with van der Waals surface area (Å²) in [5.41, 5.74) is 0. The molecule has 0 spiro atoms. The molecule has 0 aromatic rings. The van der Waals surface area contributed by atoms with Crippen LogP contribution in [0.4, 0.5) is 0 Å². The Morgan fingerprint density at radius 3 is 2.15 bits per heavy atom. The first-order valence-corrected chi connectivity index (χ1v) is 6.27. The van der Waals surface area contributed by atoms with Gasteiger partial charge in [0.2, 0.25) is 0 Å². The molecule has 1 aliphatic carbocycles. The van der Waals surface area contributed by atoms with Crippen molar-refractivity contribution in [1.29, 1.82) is 0 Å². The van der Waals surface area contributed by atoms with Crippen LogP contribution in [0, 0.1) is 17.8 Å². The quantitative estimate of drug-likeness (QED) is 0.594. The highest BCUT2D eigenvalue weighted by atomic mass is 14.3. The largest absolute Gasteiger partial charge is 0.0654 e. The average Bonchev–Trinajstić information content (AvgIpc) is 2.16. The lowest BCUT2D eigenvalue weighted by molar-refractivity contribution is 0.197. The minimum atomic E-state index is 1.01. The summed E-state index contributed by atoms with van der Waals surface area (Å²) in [5, 5.41) is 0. The zero-order valence-corrected chi connectivity index (χ0v) is 9.68. The third-order valence-corrected chi connectivity index (χ3v) is 3.91. The molecule has 0 heteroatoms. The van der Waals surface area contributed by atoms with E-state index in [-0.39, 0.29) is 0 Å².